The molecule has 1 aliphatic rings. The van der Waals surface area contributed by atoms with Crippen molar-refractivity contribution in [2.75, 3.05) is 25.6 Å². The Labute approximate surface area is 259 Å². The van der Waals surface area contributed by atoms with Gasteiger partial charge in [-0.25, -0.2) is 9.48 Å². The molecule has 41 heavy (non-hydrogen) atoms. The van der Waals surface area contributed by atoms with Crippen LogP contribution in [-0.4, -0.2) is 41.1 Å². The second kappa shape index (κ2) is 15.0. The Kier molecular flexibility index (Phi) is 11.4. The zero-order valence-electron chi connectivity index (χ0n) is 23.8. The summed E-state index contributed by atoms with van der Waals surface area (Å²) in [6, 6.07) is 11.0. The van der Waals surface area contributed by atoms with E-state index < -0.39 is 12.0 Å². The van der Waals surface area contributed by atoms with Crippen LogP contribution in [0.2, 0.25) is 5.02 Å². The van der Waals surface area contributed by atoms with Crippen molar-refractivity contribution < 1.29 is 19.0 Å². The molecular weight excluding hydrogens is 628 g/mol. The molecule has 1 aromatic heterocycles. The van der Waals surface area contributed by atoms with Crippen LogP contribution in [0, 0.1) is 0 Å². The van der Waals surface area contributed by atoms with Crippen molar-refractivity contribution in [2.45, 2.75) is 69.8 Å². The maximum atomic E-state index is 13.4. The largest absolute Gasteiger partial charge is 0.493 e. The van der Waals surface area contributed by atoms with Crippen molar-refractivity contribution in [3.63, 3.8) is 0 Å². The standard InChI is InChI=1S/C30H36BrClN4O4S/c1-5-7-8-11-15-39-27-22(31)16-21(17-24(27)38-4)26-25(28(37)40-14-6-2)19(3)33-29-34-30(35-36(26)29)41-18-20-12-9-10-13-23(20)32/h9-10,12-13,16-17,26H,5-8,11,14-15,18H2,1-4H3,(H,33,34,35). The summed E-state index contributed by atoms with van der Waals surface area (Å²) in [6.07, 6.45) is 5.14. The van der Waals surface area contributed by atoms with Crippen molar-refractivity contribution in [2.24, 2.45) is 0 Å². The fourth-order valence-electron chi connectivity index (χ4n) is 4.54. The molecule has 1 atom stereocenters. The van der Waals surface area contributed by atoms with E-state index in [2.05, 4.69) is 28.2 Å². The molecule has 1 N–H and O–H groups in total. The monoisotopic (exact) mass is 662 g/mol. The van der Waals surface area contributed by atoms with E-state index in [-0.39, 0.29) is 0 Å². The molecule has 1 aliphatic heterocycles. The number of rotatable bonds is 14. The predicted molar refractivity (Wildman–Crippen MR) is 167 cm³/mol. The summed E-state index contributed by atoms with van der Waals surface area (Å²) in [5.74, 6) is 1.94. The van der Waals surface area contributed by atoms with Gasteiger partial charge in [0.05, 0.1) is 30.4 Å². The van der Waals surface area contributed by atoms with Crippen LogP contribution in [0.25, 0.3) is 0 Å². The Morgan fingerprint density at radius 2 is 1.95 bits per heavy atom. The second-order valence-electron chi connectivity index (χ2n) is 9.69. The van der Waals surface area contributed by atoms with Crippen molar-refractivity contribution >= 4 is 51.2 Å². The van der Waals surface area contributed by atoms with Crippen molar-refractivity contribution in [1.82, 2.24) is 14.8 Å². The number of anilines is 1. The van der Waals surface area contributed by atoms with Gasteiger partial charge in [0.1, 0.15) is 6.04 Å². The van der Waals surface area contributed by atoms with Crippen molar-refractivity contribution in [3.05, 3.63) is 68.3 Å². The molecule has 1 unspecified atom stereocenters. The number of thioether (sulfide) groups is 1. The average Bonchev–Trinajstić information content (AvgIpc) is 3.37. The maximum absolute atomic E-state index is 13.4. The number of esters is 1. The van der Waals surface area contributed by atoms with E-state index in [1.807, 2.05) is 50.2 Å². The first-order valence-electron chi connectivity index (χ1n) is 13.9. The van der Waals surface area contributed by atoms with E-state index in [1.165, 1.54) is 24.6 Å². The Morgan fingerprint density at radius 1 is 1.15 bits per heavy atom. The van der Waals surface area contributed by atoms with Gasteiger partial charge < -0.3 is 19.5 Å². The van der Waals surface area contributed by atoms with Gasteiger partial charge in [-0.05, 0) is 65.0 Å². The summed E-state index contributed by atoms with van der Waals surface area (Å²) in [5, 5.41) is 9.34. The van der Waals surface area contributed by atoms with E-state index >= 15 is 0 Å². The van der Waals surface area contributed by atoms with Gasteiger partial charge in [0.25, 0.3) is 0 Å². The molecule has 0 saturated carbocycles. The number of hydrogen-bond donors (Lipinski definition) is 1. The minimum Gasteiger partial charge on any atom is -0.493 e. The van der Waals surface area contributed by atoms with Gasteiger partial charge in [-0.2, -0.15) is 4.98 Å². The quantitative estimate of drug-likeness (QED) is 0.105. The number of hydrogen-bond acceptors (Lipinski definition) is 8. The molecule has 0 amide bonds. The van der Waals surface area contributed by atoms with Crippen LogP contribution < -0.4 is 14.8 Å². The lowest BCUT2D eigenvalue weighted by Gasteiger charge is -2.28. The first kappa shape index (κ1) is 31.3. The first-order chi connectivity index (χ1) is 19.9. The molecule has 220 valence electrons. The van der Waals surface area contributed by atoms with Gasteiger partial charge in [0.2, 0.25) is 11.1 Å². The van der Waals surface area contributed by atoms with Crippen LogP contribution >= 0.6 is 39.3 Å². The van der Waals surface area contributed by atoms with Crippen molar-refractivity contribution in [1.29, 1.82) is 0 Å². The smallest absolute Gasteiger partial charge is 0.338 e. The third-order valence-corrected chi connectivity index (χ3v) is 8.46. The van der Waals surface area contributed by atoms with Gasteiger partial charge in [0, 0.05) is 16.5 Å². The number of nitrogens with zero attached hydrogens (tertiary/aromatic N) is 3. The number of carbonyl (C=O) groups excluding carboxylic acids is 1. The molecule has 11 heteroatoms. The van der Waals surface area contributed by atoms with Crippen LogP contribution in [0.15, 0.2) is 57.3 Å². The molecule has 0 aliphatic carbocycles. The zero-order chi connectivity index (χ0) is 29.4. The number of unbranched alkanes of at least 4 members (excludes halogenated alkanes) is 3. The van der Waals surface area contributed by atoms with Crippen LogP contribution in [-0.2, 0) is 15.3 Å². The minimum absolute atomic E-state index is 0.323. The van der Waals surface area contributed by atoms with Gasteiger partial charge in [-0.3, -0.25) is 0 Å². The molecule has 8 nitrogen and oxygen atoms in total. The molecule has 0 bridgehead atoms. The average molecular weight is 664 g/mol. The second-order valence-corrected chi connectivity index (χ2v) is 11.9. The van der Waals surface area contributed by atoms with E-state index in [0.717, 1.165) is 34.9 Å². The van der Waals surface area contributed by atoms with Crippen LogP contribution in [0.5, 0.6) is 11.5 Å². The van der Waals surface area contributed by atoms with Gasteiger partial charge in [-0.1, -0.05) is 74.7 Å². The molecular formula is C30H36BrClN4O4S. The number of allylic oxidation sites excluding steroid dienone is 1. The Hall–Kier alpha value is -2.69. The Morgan fingerprint density at radius 3 is 2.68 bits per heavy atom. The molecule has 0 fully saturated rings. The summed E-state index contributed by atoms with van der Waals surface area (Å²) in [5.41, 5.74) is 2.89. The number of methoxy groups -OCH3 is 1. The summed E-state index contributed by atoms with van der Waals surface area (Å²) in [7, 11) is 1.61. The summed E-state index contributed by atoms with van der Waals surface area (Å²) < 4.78 is 19.9. The Bertz CT molecular complexity index is 1400. The number of ether oxygens (including phenoxy) is 3. The highest BCUT2D eigenvalue weighted by atomic mass is 79.9. The van der Waals surface area contributed by atoms with Crippen LogP contribution in [0.1, 0.15) is 70.0 Å². The molecule has 2 aromatic carbocycles. The summed E-state index contributed by atoms with van der Waals surface area (Å²) >= 11 is 11.5. The number of nitrogens with one attached hydrogen (secondary N) is 1. The van der Waals surface area contributed by atoms with E-state index in [1.54, 1.807) is 11.8 Å². The van der Waals surface area contributed by atoms with Gasteiger partial charge in [-0.15, -0.1) is 5.10 Å². The molecule has 3 aromatic rings. The van der Waals surface area contributed by atoms with Gasteiger partial charge in [0.15, 0.2) is 11.5 Å². The zero-order valence-corrected chi connectivity index (χ0v) is 27.0. The highest BCUT2D eigenvalue weighted by Crippen LogP contribution is 2.43. The number of carbonyl (C=O) groups is 1. The fraction of sp³-hybridized carbons (Fsp3) is 0.433. The highest BCUT2D eigenvalue weighted by Gasteiger charge is 2.36. The molecule has 2 heterocycles. The molecule has 0 radical (unpaired) electrons. The molecule has 0 spiro atoms. The minimum atomic E-state index is -0.596. The van der Waals surface area contributed by atoms with E-state index in [9.17, 15) is 4.79 Å². The van der Waals surface area contributed by atoms with Crippen molar-refractivity contribution in [3.8, 4) is 11.5 Å². The molecule has 0 saturated heterocycles. The SMILES string of the molecule is CCCCCCOc1c(Br)cc(C2C(C(=O)OCCC)=C(C)Nc3nc(SCc4ccccc4Cl)nn32)cc1OC. The van der Waals surface area contributed by atoms with E-state index in [0.29, 0.717) is 57.9 Å². The van der Waals surface area contributed by atoms with Gasteiger partial charge >= 0.3 is 5.97 Å². The summed E-state index contributed by atoms with van der Waals surface area (Å²) in [4.78, 5) is 18.1. The Balaban J connectivity index is 1.69. The number of halogens is 2. The topological polar surface area (TPSA) is 87.5 Å². The van der Waals surface area contributed by atoms with Crippen LogP contribution in [0.4, 0.5) is 5.95 Å². The molecule has 4 rings (SSSR count). The lowest BCUT2D eigenvalue weighted by molar-refractivity contribution is -0.139. The number of benzene rings is 2. The fourth-order valence-corrected chi connectivity index (χ4v) is 6.23. The number of fused-ring (bicyclic) bond motifs is 1. The third kappa shape index (κ3) is 7.59. The van der Waals surface area contributed by atoms with Crippen LogP contribution in [0.3, 0.4) is 0 Å². The highest BCUT2D eigenvalue weighted by molar-refractivity contribution is 9.10. The normalized spacial score (nSPS) is 14.4. The lowest BCUT2D eigenvalue weighted by Crippen LogP contribution is -2.30. The lowest BCUT2D eigenvalue weighted by atomic mass is 9.95. The predicted octanol–water partition coefficient (Wildman–Crippen LogP) is 8.20. The van der Waals surface area contributed by atoms with E-state index in [4.69, 9.17) is 35.9 Å². The third-order valence-electron chi connectivity index (χ3n) is 6.62. The number of aromatic nitrogens is 3. The maximum Gasteiger partial charge on any atom is 0.338 e. The summed E-state index contributed by atoms with van der Waals surface area (Å²) in [6.45, 7) is 6.91. The first-order valence-corrected chi connectivity index (χ1v) is 16.0.